The summed E-state index contributed by atoms with van der Waals surface area (Å²) in [5, 5.41) is 11.9. The van der Waals surface area contributed by atoms with E-state index in [1.54, 1.807) is 11.3 Å². The molecule has 0 saturated carbocycles. The molecule has 1 N–H and O–H groups in total. The third kappa shape index (κ3) is 3.37. The number of halogens is 3. The molecular weight excluding hydrogens is 322 g/mol. The van der Waals surface area contributed by atoms with Gasteiger partial charge in [0.15, 0.2) is 11.6 Å². The Morgan fingerprint density at radius 3 is 2.56 bits per heavy atom. The first kappa shape index (κ1) is 13.6. The van der Waals surface area contributed by atoms with Gasteiger partial charge in [-0.2, -0.15) is 0 Å². The second-order valence-electron chi connectivity index (χ2n) is 4.00. The smallest absolute Gasteiger partial charge is 0.159 e. The molecule has 1 aromatic carbocycles. The molecule has 1 unspecified atom stereocenters. The summed E-state index contributed by atoms with van der Waals surface area (Å²) in [6, 6.07) is 5.62. The maximum Gasteiger partial charge on any atom is 0.159 e. The molecule has 0 saturated heterocycles. The Morgan fingerprint density at radius 2 is 1.94 bits per heavy atom. The lowest BCUT2D eigenvalue weighted by Gasteiger charge is -2.10. The number of rotatable bonds is 4. The first-order valence-electron chi connectivity index (χ1n) is 5.40. The molecule has 1 aromatic heterocycles. The van der Waals surface area contributed by atoms with Crippen molar-refractivity contribution in [3.05, 3.63) is 56.2 Å². The number of hydrogen-bond acceptors (Lipinski definition) is 2. The molecule has 0 radical (unpaired) electrons. The van der Waals surface area contributed by atoms with E-state index in [9.17, 15) is 13.9 Å². The summed E-state index contributed by atoms with van der Waals surface area (Å²) in [5.74, 6) is -1.74. The quantitative estimate of drug-likeness (QED) is 0.899. The zero-order chi connectivity index (χ0) is 13.1. The largest absolute Gasteiger partial charge is 0.392 e. The molecule has 0 aliphatic rings. The summed E-state index contributed by atoms with van der Waals surface area (Å²) in [6.07, 6.45) is 0.198. The fourth-order valence-electron chi connectivity index (χ4n) is 1.70. The van der Waals surface area contributed by atoms with Crippen LogP contribution in [0.25, 0.3) is 0 Å². The second kappa shape index (κ2) is 5.91. The molecule has 1 nitrogen and oxygen atoms in total. The van der Waals surface area contributed by atoms with Gasteiger partial charge in [0.05, 0.1) is 6.10 Å². The third-order valence-electron chi connectivity index (χ3n) is 2.57. The first-order valence-corrected chi connectivity index (χ1v) is 7.07. The highest BCUT2D eigenvalue weighted by molar-refractivity contribution is 9.10. The van der Waals surface area contributed by atoms with Crippen LogP contribution in [0.1, 0.15) is 10.4 Å². The molecule has 2 aromatic rings. The Labute approximate surface area is 116 Å². The van der Waals surface area contributed by atoms with E-state index in [2.05, 4.69) is 15.9 Å². The van der Waals surface area contributed by atoms with Crippen LogP contribution in [0, 0.1) is 11.6 Å². The highest BCUT2D eigenvalue weighted by Crippen LogP contribution is 2.24. The minimum absolute atomic E-state index is 0.307. The van der Waals surface area contributed by atoms with Crippen LogP contribution in [0.3, 0.4) is 0 Å². The Hall–Kier alpha value is -0.780. The van der Waals surface area contributed by atoms with E-state index in [4.69, 9.17) is 0 Å². The van der Waals surface area contributed by atoms with Gasteiger partial charge in [-0.25, -0.2) is 8.78 Å². The van der Waals surface area contributed by atoms with Gasteiger partial charge in [-0.3, -0.25) is 0 Å². The maximum absolute atomic E-state index is 13.0. The summed E-state index contributed by atoms with van der Waals surface area (Å²) in [5.41, 5.74) is 0.592. The van der Waals surface area contributed by atoms with E-state index >= 15 is 0 Å². The molecule has 1 atom stereocenters. The van der Waals surface area contributed by atoms with Crippen molar-refractivity contribution in [2.75, 3.05) is 0 Å². The Bertz CT molecular complexity index is 542. The second-order valence-corrected chi connectivity index (χ2v) is 5.86. The van der Waals surface area contributed by atoms with Crippen LogP contribution >= 0.6 is 27.3 Å². The van der Waals surface area contributed by atoms with Crippen LogP contribution in [0.2, 0.25) is 0 Å². The molecule has 0 aliphatic heterocycles. The van der Waals surface area contributed by atoms with Gasteiger partial charge in [0.25, 0.3) is 0 Å². The zero-order valence-electron chi connectivity index (χ0n) is 9.37. The number of thiophene rings is 1. The monoisotopic (exact) mass is 332 g/mol. The van der Waals surface area contributed by atoms with Gasteiger partial charge in [-0.1, -0.05) is 6.07 Å². The van der Waals surface area contributed by atoms with Crippen LogP contribution in [-0.2, 0) is 12.8 Å². The summed E-state index contributed by atoms with van der Waals surface area (Å²) in [7, 11) is 0. The van der Waals surface area contributed by atoms with Crippen molar-refractivity contribution in [2.45, 2.75) is 18.9 Å². The third-order valence-corrected chi connectivity index (χ3v) is 4.52. The van der Waals surface area contributed by atoms with E-state index in [-0.39, 0.29) is 0 Å². The van der Waals surface area contributed by atoms with Gasteiger partial charge in [-0.15, -0.1) is 11.3 Å². The van der Waals surface area contributed by atoms with Crippen molar-refractivity contribution in [3.8, 4) is 0 Å². The number of hydrogen-bond donors (Lipinski definition) is 1. The Balaban J connectivity index is 2.01. The molecule has 18 heavy (non-hydrogen) atoms. The van der Waals surface area contributed by atoms with E-state index in [1.165, 1.54) is 6.07 Å². The minimum Gasteiger partial charge on any atom is -0.392 e. The van der Waals surface area contributed by atoms with E-state index in [1.807, 2.05) is 11.4 Å². The Morgan fingerprint density at radius 1 is 1.17 bits per heavy atom. The fourth-order valence-corrected chi connectivity index (χ4v) is 3.28. The van der Waals surface area contributed by atoms with Gasteiger partial charge in [0, 0.05) is 15.8 Å². The van der Waals surface area contributed by atoms with Gasteiger partial charge in [-0.05, 0) is 51.5 Å². The summed E-state index contributed by atoms with van der Waals surface area (Å²) in [4.78, 5) is 1.05. The fraction of sp³-hybridized carbons (Fsp3) is 0.231. The molecule has 1 heterocycles. The van der Waals surface area contributed by atoms with Gasteiger partial charge < -0.3 is 5.11 Å². The SMILES string of the molecule is OC(Cc1ccc(F)c(F)c1)Cc1sccc1Br. The zero-order valence-corrected chi connectivity index (χ0v) is 11.8. The molecule has 2 rings (SSSR count). The van der Waals surface area contributed by atoms with Crippen LogP contribution in [-0.4, -0.2) is 11.2 Å². The molecule has 96 valence electrons. The number of aliphatic hydroxyl groups is 1. The average Bonchev–Trinajstić information content (AvgIpc) is 2.70. The summed E-state index contributed by atoms with van der Waals surface area (Å²) < 4.78 is 26.7. The first-order chi connectivity index (χ1) is 8.56. The highest BCUT2D eigenvalue weighted by Gasteiger charge is 2.11. The highest BCUT2D eigenvalue weighted by atomic mass is 79.9. The van der Waals surface area contributed by atoms with E-state index in [0.29, 0.717) is 18.4 Å². The molecule has 0 amide bonds. The predicted octanol–water partition coefficient (Wildman–Crippen LogP) is 3.93. The average molecular weight is 333 g/mol. The van der Waals surface area contributed by atoms with Gasteiger partial charge in [0.2, 0.25) is 0 Å². The lowest BCUT2D eigenvalue weighted by molar-refractivity contribution is 0.176. The predicted molar refractivity (Wildman–Crippen MR) is 71.8 cm³/mol. The molecule has 5 heteroatoms. The van der Waals surface area contributed by atoms with Crippen LogP contribution < -0.4 is 0 Å². The number of aliphatic hydroxyl groups excluding tert-OH is 1. The lowest BCUT2D eigenvalue weighted by Crippen LogP contribution is -2.13. The van der Waals surface area contributed by atoms with Crippen LogP contribution in [0.15, 0.2) is 34.1 Å². The van der Waals surface area contributed by atoms with Crippen molar-refractivity contribution in [2.24, 2.45) is 0 Å². The van der Waals surface area contributed by atoms with Gasteiger partial charge >= 0.3 is 0 Å². The van der Waals surface area contributed by atoms with E-state index in [0.717, 1.165) is 21.5 Å². The standard InChI is InChI=1S/C13H11BrF2OS/c14-10-3-4-18-13(10)7-9(17)5-8-1-2-11(15)12(16)6-8/h1-4,6,9,17H,5,7H2. The lowest BCUT2D eigenvalue weighted by atomic mass is 10.0. The van der Waals surface area contributed by atoms with Crippen molar-refractivity contribution < 1.29 is 13.9 Å². The van der Waals surface area contributed by atoms with Crippen molar-refractivity contribution in [1.82, 2.24) is 0 Å². The normalized spacial score (nSPS) is 12.7. The van der Waals surface area contributed by atoms with Crippen LogP contribution in [0.5, 0.6) is 0 Å². The molecule has 0 aliphatic carbocycles. The van der Waals surface area contributed by atoms with Crippen molar-refractivity contribution in [3.63, 3.8) is 0 Å². The van der Waals surface area contributed by atoms with Crippen molar-refractivity contribution in [1.29, 1.82) is 0 Å². The van der Waals surface area contributed by atoms with Gasteiger partial charge in [0.1, 0.15) is 0 Å². The summed E-state index contributed by atoms with van der Waals surface area (Å²) in [6.45, 7) is 0. The molecule has 0 fully saturated rings. The van der Waals surface area contributed by atoms with Crippen LogP contribution in [0.4, 0.5) is 8.78 Å². The topological polar surface area (TPSA) is 20.2 Å². The number of benzene rings is 1. The minimum atomic E-state index is -0.878. The maximum atomic E-state index is 13.0. The summed E-state index contributed by atoms with van der Waals surface area (Å²) >= 11 is 4.94. The molecular formula is C13H11BrF2OS. The van der Waals surface area contributed by atoms with E-state index < -0.39 is 17.7 Å². The molecule has 0 spiro atoms. The van der Waals surface area contributed by atoms with Crippen molar-refractivity contribution >= 4 is 27.3 Å². The molecule has 0 bridgehead atoms. The Kier molecular flexibility index (Phi) is 4.48.